The van der Waals surface area contributed by atoms with Crippen LogP contribution in [0.5, 0.6) is 0 Å². The molecule has 0 saturated heterocycles. The van der Waals surface area contributed by atoms with Crippen LogP contribution in [0.3, 0.4) is 0 Å². The number of hydrogen-bond acceptors (Lipinski definition) is 2. The normalized spacial score (nSPS) is 16.2. The van der Waals surface area contributed by atoms with Crippen molar-refractivity contribution in [1.29, 1.82) is 0 Å². The molecule has 0 amide bonds. The van der Waals surface area contributed by atoms with Gasteiger partial charge in [0.05, 0.1) is 9.73 Å². The van der Waals surface area contributed by atoms with Gasteiger partial charge >= 0.3 is 0 Å². The Kier molecular flexibility index (Phi) is 4.08. The van der Waals surface area contributed by atoms with Gasteiger partial charge in [-0.3, -0.25) is 4.03 Å². The summed E-state index contributed by atoms with van der Waals surface area (Å²) in [5.74, 6) is -0.318. The minimum absolute atomic E-state index is 0.0473. The quantitative estimate of drug-likeness (QED) is 0.746. The highest BCUT2D eigenvalue weighted by Crippen LogP contribution is 2.38. The van der Waals surface area contributed by atoms with Gasteiger partial charge in [0.25, 0.3) is 0 Å². The summed E-state index contributed by atoms with van der Waals surface area (Å²) in [6.07, 6.45) is 1.64. The second kappa shape index (κ2) is 4.77. The van der Waals surface area contributed by atoms with Crippen molar-refractivity contribution in [3.8, 4) is 0 Å². The maximum Gasteiger partial charge on any atom is 0.193 e. The van der Waals surface area contributed by atoms with E-state index in [2.05, 4.69) is 37.9 Å². The Bertz CT molecular complexity index is 537. The molecule has 0 aliphatic heterocycles. The summed E-state index contributed by atoms with van der Waals surface area (Å²) in [4.78, 5) is 0.605. The Morgan fingerprint density at radius 3 is 2.00 bits per heavy atom. The van der Waals surface area contributed by atoms with Crippen LogP contribution >= 0.6 is 0 Å². The predicted molar refractivity (Wildman–Crippen MR) is 78.4 cm³/mol. The Morgan fingerprint density at radius 2 is 1.61 bits per heavy atom. The first-order valence-electron chi connectivity index (χ1n) is 5.95. The summed E-state index contributed by atoms with van der Waals surface area (Å²) < 4.78 is 30.3. The third-order valence-electron chi connectivity index (χ3n) is 3.49. The van der Waals surface area contributed by atoms with Gasteiger partial charge in [0.2, 0.25) is 0 Å². The standard InChI is InChI=1S/C13H22FNOSSi/c1-13(2,3)18(5,6)15-17(4,16)12-9-7-11(14)8-10-12/h7-10H,1-6H3. The molecule has 0 fully saturated rings. The molecule has 0 spiro atoms. The first kappa shape index (κ1) is 15.4. The molecule has 0 saturated carbocycles. The zero-order chi connectivity index (χ0) is 14.2. The highest BCUT2D eigenvalue weighted by Gasteiger charge is 2.37. The summed E-state index contributed by atoms with van der Waals surface area (Å²) in [7, 11) is -4.43. The fourth-order valence-corrected chi connectivity index (χ4v) is 6.95. The molecule has 2 nitrogen and oxygen atoms in total. The Morgan fingerprint density at radius 1 is 1.17 bits per heavy atom. The van der Waals surface area contributed by atoms with E-state index in [-0.39, 0.29) is 10.9 Å². The molecule has 102 valence electrons. The molecule has 1 unspecified atom stereocenters. The highest BCUT2D eigenvalue weighted by molar-refractivity contribution is 7.93. The van der Waals surface area contributed by atoms with E-state index in [0.29, 0.717) is 4.90 Å². The molecule has 0 bridgehead atoms. The van der Waals surface area contributed by atoms with Crippen LogP contribution in [-0.4, -0.2) is 18.7 Å². The fraction of sp³-hybridized carbons (Fsp3) is 0.538. The largest absolute Gasteiger partial charge is 0.274 e. The summed E-state index contributed by atoms with van der Waals surface area (Å²) >= 11 is 0. The summed E-state index contributed by atoms with van der Waals surface area (Å²) in [5.41, 5.74) is 0. The van der Waals surface area contributed by atoms with E-state index in [1.807, 2.05) is 0 Å². The average Bonchev–Trinajstić information content (AvgIpc) is 2.14. The molecule has 0 aliphatic carbocycles. The Labute approximate surface area is 111 Å². The van der Waals surface area contributed by atoms with Gasteiger partial charge in [0.1, 0.15) is 5.82 Å². The maximum absolute atomic E-state index is 12.9. The zero-order valence-electron chi connectivity index (χ0n) is 12.0. The lowest BCUT2D eigenvalue weighted by Crippen LogP contribution is -2.36. The third kappa shape index (κ3) is 3.42. The van der Waals surface area contributed by atoms with Crippen molar-refractivity contribution in [3.63, 3.8) is 0 Å². The van der Waals surface area contributed by atoms with Crippen LogP contribution in [0.2, 0.25) is 18.1 Å². The second-order valence-electron chi connectivity index (χ2n) is 6.16. The van der Waals surface area contributed by atoms with Crippen LogP contribution in [0.1, 0.15) is 20.8 Å². The van der Waals surface area contributed by atoms with Crippen LogP contribution in [0.15, 0.2) is 33.2 Å². The van der Waals surface area contributed by atoms with Gasteiger partial charge < -0.3 is 0 Å². The molecule has 0 aromatic heterocycles. The van der Waals surface area contributed by atoms with Crippen molar-refractivity contribution in [2.75, 3.05) is 6.26 Å². The molecule has 1 rings (SSSR count). The van der Waals surface area contributed by atoms with E-state index in [0.717, 1.165) is 0 Å². The first-order chi connectivity index (χ1) is 7.96. The van der Waals surface area contributed by atoms with Gasteiger partial charge in [-0.25, -0.2) is 8.60 Å². The zero-order valence-corrected chi connectivity index (χ0v) is 13.8. The Balaban J connectivity index is 3.30. The van der Waals surface area contributed by atoms with Gasteiger partial charge in [-0.2, -0.15) is 0 Å². The highest BCUT2D eigenvalue weighted by atomic mass is 32.2. The molecular formula is C13H22FNOSSi. The van der Waals surface area contributed by atoms with Crippen molar-refractivity contribution in [3.05, 3.63) is 30.1 Å². The van der Waals surface area contributed by atoms with E-state index in [4.69, 9.17) is 0 Å². The van der Waals surface area contributed by atoms with Crippen LogP contribution in [0.25, 0.3) is 0 Å². The van der Waals surface area contributed by atoms with Gasteiger partial charge in [0.15, 0.2) is 8.24 Å². The van der Waals surface area contributed by atoms with Crippen molar-refractivity contribution in [2.24, 2.45) is 4.03 Å². The third-order valence-corrected chi connectivity index (χ3v) is 11.5. The predicted octanol–water partition coefficient (Wildman–Crippen LogP) is 4.29. The average molecular weight is 287 g/mol. The topological polar surface area (TPSA) is 29.4 Å². The van der Waals surface area contributed by atoms with E-state index in [1.165, 1.54) is 12.1 Å². The van der Waals surface area contributed by atoms with Crippen molar-refractivity contribution in [2.45, 2.75) is 43.8 Å². The molecule has 0 radical (unpaired) electrons. The summed E-state index contributed by atoms with van der Waals surface area (Å²) in [6.45, 7) is 10.6. The molecule has 1 aromatic carbocycles. The number of hydrogen-bond donors (Lipinski definition) is 0. The molecule has 0 heterocycles. The van der Waals surface area contributed by atoms with Gasteiger partial charge in [-0.05, 0) is 42.4 Å². The fourth-order valence-electron chi connectivity index (χ4n) is 1.31. The molecule has 0 N–H and O–H groups in total. The second-order valence-corrected chi connectivity index (χ2v) is 13.6. The van der Waals surface area contributed by atoms with Crippen LogP contribution < -0.4 is 0 Å². The van der Waals surface area contributed by atoms with Gasteiger partial charge in [-0.1, -0.05) is 20.8 Å². The molecular weight excluding hydrogens is 265 g/mol. The number of halogens is 1. The van der Waals surface area contributed by atoms with Crippen molar-refractivity contribution < 1.29 is 8.60 Å². The van der Waals surface area contributed by atoms with Gasteiger partial charge in [0, 0.05) is 11.2 Å². The van der Waals surface area contributed by atoms with E-state index in [1.54, 1.807) is 18.4 Å². The van der Waals surface area contributed by atoms with Crippen LogP contribution in [0.4, 0.5) is 4.39 Å². The molecule has 5 heteroatoms. The van der Waals surface area contributed by atoms with Crippen LogP contribution in [-0.2, 0) is 9.73 Å². The number of benzene rings is 1. The van der Waals surface area contributed by atoms with E-state index >= 15 is 0 Å². The van der Waals surface area contributed by atoms with Crippen molar-refractivity contribution >= 4 is 18.0 Å². The molecule has 1 aromatic rings. The Hall–Kier alpha value is -0.683. The minimum Gasteiger partial charge on any atom is -0.274 e. The SMILES string of the molecule is CC(C)(C)[Si](C)(C)N=S(C)(=O)c1ccc(F)cc1. The van der Waals surface area contributed by atoms with Crippen molar-refractivity contribution in [1.82, 2.24) is 0 Å². The van der Waals surface area contributed by atoms with E-state index in [9.17, 15) is 8.60 Å². The monoisotopic (exact) mass is 287 g/mol. The minimum atomic E-state index is -2.45. The number of rotatable bonds is 2. The summed E-state index contributed by atoms with van der Waals surface area (Å²) in [6, 6.07) is 5.79. The lowest BCUT2D eigenvalue weighted by Gasteiger charge is -2.33. The van der Waals surface area contributed by atoms with Crippen LogP contribution in [0, 0.1) is 5.82 Å². The van der Waals surface area contributed by atoms with E-state index < -0.39 is 18.0 Å². The molecule has 1 atom stereocenters. The molecule has 0 aliphatic rings. The lowest BCUT2D eigenvalue weighted by molar-refractivity contribution is 0.626. The first-order valence-corrected chi connectivity index (χ1v) is 10.8. The number of nitrogens with zero attached hydrogens (tertiary/aromatic N) is 1. The van der Waals surface area contributed by atoms with Gasteiger partial charge in [-0.15, -0.1) is 0 Å². The summed E-state index contributed by atoms with van der Waals surface area (Å²) in [5, 5.41) is 0.0473. The maximum atomic E-state index is 12.9. The smallest absolute Gasteiger partial charge is 0.193 e. The molecule has 18 heavy (non-hydrogen) atoms. The lowest BCUT2D eigenvalue weighted by atomic mass is 10.2.